The minimum Gasteiger partial charge on any atom is -0.497 e. The molecule has 0 saturated carbocycles. The smallest absolute Gasteiger partial charge is 0.225 e. The molecule has 0 bridgehead atoms. The Bertz CT molecular complexity index is 434. The molecule has 0 aliphatic rings. The largest absolute Gasteiger partial charge is 0.497 e. The van der Waals surface area contributed by atoms with Gasteiger partial charge in [0.05, 0.1) is 19.6 Å². The third-order valence-electron chi connectivity index (χ3n) is 2.61. The molecule has 18 heavy (non-hydrogen) atoms. The van der Waals surface area contributed by atoms with E-state index in [-0.39, 0.29) is 11.9 Å². The van der Waals surface area contributed by atoms with E-state index in [2.05, 4.69) is 11.2 Å². The summed E-state index contributed by atoms with van der Waals surface area (Å²) in [6, 6.07) is 7.29. The highest BCUT2D eigenvalue weighted by Gasteiger charge is 2.09. The first-order chi connectivity index (χ1) is 8.69. The second kappa shape index (κ2) is 7.39. The molecule has 0 saturated heterocycles. The molecule has 0 spiro atoms. The Hall–Kier alpha value is -1.95. The van der Waals surface area contributed by atoms with E-state index < -0.39 is 0 Å². The van der Waals surface area contributed by atoms with Gasteiger partial charge in [-0.3, -0.25) is 4.79 Å². The molecular weight excluding hydrogens is 226 g/mol. The van der Waals surface area contributed by atoms with E-state index in [4.69, 9.17) is 11.2 Å². The molecule has 0 radical (unpaired) electrons. The van der Waals surface area contributed by atoms with Crippen molar-refractivity contribution in [1.82, 2.24) is 5.32 Å². The SMILES string of the molecule is C#CC(CCC)NC(=O)Cc1cccc(OC)c1. The van der Waals surface area contributed by atoms with Crippen LogP contribution in [0.5, 0.6) is 5.75 Å². The molecule has 1 aromatic rings. The van der Waals surface area contributed by atoms with Crippen LogP contribution in [0, 0.1) is 12.3 Å². The van der Waals surface area contributed by atoms with Crippen LogP contribution < -0.4 is 10.1 Å². The fourth-order valence-electron chi connectivity index (χ4n) is 1.70. The van der Waals surface area contributed by atoms with E-state index >= 15 is 0 Å². The van der Waals surface area contributed by atoms with Gasteiger partial charge in [-0.2, -0.15) is 0 Å². The van der Waals surface area contributed by atoms with Gasteiger partial charge in [0.2, 0.25) is 5.91 Å². The Labute approximate surface area is 109 Å². The van der Waals surface area contributed by atoms with Gasteiger partial charge in [-0.25, -0.2) is 0 Å². The van der Waals surface area contributed by atoms with E-state index in [1.54, 1.807) is 7.11 Å². The highest BCUT2D eigenvalue weighted by molar-refractivity contribution is 5.79. The number of hydrogen-bond acceptors (Lipinski definition) is 2. The second-order valence-corrected chi connectivity index (χ2v) is 4.10. The number of carbonyl (C=O) groups excluding carboxylic acids is 1. The number of terminal acetylenes is 1. The maximum atomic E-state index is 11.8. The van der Waals surface area contributed by atoms with Crippen LogP contribution in [0.15, 0.2) is 24.3 Å². The molecule has 1 atom stereocenters. The minimum atomic E-state index is -0.173. The summed E-state index contributed by atoms with van der Waals surface area (Å²) in [5.74, 6) is 3.28. The molecular formula is C15H19NO2. The van der Waals surface area contributed by atoms with Gasteiger partial charge in [0.1, 0.15) is 5.75 Å². The van der Waals surface area contributed by atoms with Crippen molar-refractivity contribution in [3.05, 3.63) is 29.8 Å². The average molecular weight is 245 g/mol. The number of amides is 1. The molecule has 0 fully saturated rings. The van der Waals surface area contributed by atoms with Gasteiger partial charge >= 0.3 is 0 Å². The summed E-state index contributed by atoms with van der Waals surface area (Å²) in [5, 5.41) is 2.84. The quantitative estimate of drug-likeness (QED) is 0.780. The van der Waals surface area contributed by atoms with Crippen LogP contribution >= 0.6 is 0 Å². The highest BCUT2D eigenvalue weighted by Crippen LogP contribution is 2.12. The molecule has 0 aliphatic carbocycles. The van der Waals surface area contributed by atoms with Crippen LogP contribution in [0.25, 0.3) is 0 Å². The van der Waals surface area contributed by atoms with Crippen molar-refractivity contribution in [1.29, 1.82) is 0 Å². The fourth-order valence-corrected chi connectivity index (χ4v) is 1.70. The van der Waals surface area contributed by atoms with E-state index in [0.717, 1.165) is 24.2 Å². The Balaban J connectivity index is 2.56. The lowest BCUT2D eigenvalue weighted by molar-refractivity contribution is -0.120. The Morgan fingerprint density at radius 1 is 1.56 bits per heavy atom. The summed E-state index contributed by atoms with van der Waals surface area (Å²) in [4.78, 5) is 11.8. The molecule has 1 unspecified atom stereocenters. The number of methoxy groups -OCH3 is 1. The number of rotatable bonds is 6. The van der Waals surface area contributed by atoms with Crippen LogP contribution in [-0.2, 0) is 11.2 Å². The van der Waals surface area contributed by atoms with Crippen LogP contribution in [0.1, 0.15) is 25.3 Å². The first-order valence-corrected chi connectivity index (χ1v) is 6.08. The molecule has 1 rings (SSSR count). The van der Waals surface area contributed by atoms with Gasteiger partial charge in [-0.1, -0.05) is 31.4 Å². The van der Waals surface area contributed by atoms with Crippen molar-refractivity contribution in [2.75, 3.05) is 7.11 Å². The average Bonchev–Trinajstić information content (AvgIpc) is 2.38. The topological polar surface area (TPSA) is 38.3 Å². The lowest BCUT2D eigenvalue weighted by Crippen LogP contribution is -2.34. The first kappa shape index (κ1) is 14.1. The van der Waals surface area contributed by atoms with Crippen molar-refractivity contribution in [3.63, 3.8) is 0 Å². The van der Waals surface area contributed by atoms with Crippen molar-refractivity contribution in [2.24, 2.45) is 0 Å². The highest BCUT2D eigenvalue weighted by atomic mass is 16.5. The van der Waals surface area contributed by atoms with Crippen LogP contribution in [0.4, 0.5) is 0 Å². The van der Waals surface area contributed by atoms with Crippen molar-refractivity contribution < 1.29 is 9.53 Å². The van der Waals surface area contributed by atoms with Crippen LogP contribution in [0.2, 0.25) is 0 Å². The Morgan fingerprint density at radius 2 is 2.33 bits per heavy atom. The zero-order chi connectivity index (χ0) is 13.4. The van der Waals surface area contributed by atoms with Crippen molar-refractivity contribution in [3.8, 4) is 18.1 Å². The molecule has 3 heteroatoms. The molecule has 1 N–H and O–H groups in total. The van der Waals surface area contributed by atoms with E-state index in [9.17, 15) is 4.79 Å². The number of benzene rings is 1. The number of hydrogen-bond donors (Lipinski definition) is 1. The molecule has 0 aliphatic heterocycles. The van der Waals surface area contributed by atoms with Gasteiger partial charge in [-0.05, 0) is 24.1 Å². The summed E-state index contributed by atoms with van der Waals surface area (Å²) in [6.07, 6.45) is 7.44. The maximum absolute atomic E-state index is 11.8. The summed E-state index contributed by atoms with van der Waals surface area (Å²) in [5.41, 5.74) is 0.916. The molecule has 1 aromatic carbocycles. The molecule has 0 heterocycles. The standard InChI is InChI=1S/C15H19NO2/c1-4-7-13(5-2)16-15(17)11-12-8-6-9-14(10-12)18-3/h2,6,8-10,13H,4,7,11H2,1,3H3,(H,16,17). The fraction of sp³-hybridized carbons (Fsp3) is 0.400. The summed E-state index contributed by atoms with van der Waals surface area (Å²) >= 11 is 0. The van der Waals surface area contributed by atoms with Crippen LogP contribution in [-0.4, -0.2) is 19.1 Å². The second-order valence-electron chi connectivity index (χ2n) is 4.10. The number of nitrogens with one attached hydrogen (secondary N) is 1. The van der Waals surface area contributed by atoms with E-state index in [1.807, 2.05) is 31.2 Å². The van der Waals surface area contributed by atoms with Gasteiger partial charge in [0.15, 0.2) is 0 Å². The predicted octanol–water partition coefficient (Wildman–Crippen LogP) is 2.16. The lowest BCUT2D eigenvalue weighted by atomic mass is 10.1. The van der Waals surface area contributed by atoms with Crippen molar-refractivity contribution in [2.45, 2.75) is 32.2 Å². The third kappa shape index (κ3) is 4.50. The minimum absolute atomic E-state index is 0.0559. The van der Waals surface area contributed by atoms with Crippen LogP contribution in [0.3, 0.4) is 0 Å². The first-order valence-electron chi connectivity index (χ1n) is 6.08. The molecule has 96 valence electrons. The van der Waals surface area contributed by atoms with Gasteiger partial charge in [0.25, 0.3) is 0 Å². The Kier molecular flexibility index (Phi) is 5.79. The van der Waals surface area contributed by atoms with Gasteiger partial charge < -0.3 is 10.1 Å². The zero-order valence-corrected chi connectivity index (χ0v) is 10.9. The Morgan fingerprint density at radius 3 is 2.94 bits per heavy atom. The normalized spacial score (nSPS) is 11.4. The third-order valence-corrected chi connectivity index (χ3v) is 2.61. The van der Waals surface area contributed by atoms with Crippen molar-refractivity contribution >= 4 is 5.91 Å². The monoisotopic (exact) mass is 245 g/mol. The molecule has 3 nitrogen and oxygen atoms in total. The molecule has 1 amide bonds. The summed E-state index contributed by atoms with van der Waals surface area (Å²) in [6.45, 7) is 2.04. The predicted molar refractivity (Wildman–Crippen MR) is 72.4 cm³/mol. The van der Waals surface area contributed by atoms with E-state index in [0.29, 0.717) is 6.42 Å². The van der Waals surface area contributed by atoms with E-state index in [1.165, 1.54) is 0 Å². The van der Waals surface area contributed by atoms with Gasteiger partial charge in [-0.15, -0.1) is 6.42 Å². The van der Waals surface area contributed by atoms with Gasteiger partial charge in [0, 0.05) is 0 Å². The molecule has 0 aromatic heterocycles. The summed E-state index contributed by atoms with van der Waals surface area (Å²) in [7, 11) is 1.61. The summed E-state index contributed by atoms with van der Waals surface area (Å²) < 4.78 is 5.11. The number of ether oxygens (including phenoxy) is 1. The lowest BCUT2D eigenvalue weighted by Gasteiger charge is -2.12. The zero-order valence-electron chi connectivity index (χ0n) is 10.9. The number of carbonyl (C=O) groups is 1. The maximum Gasteiger partial charge on any atom is 0.225 e.